The van der Waals surface area contributed by atoms with Gasteiger partial charge in [-0.3, -0.25) is 0 Å². The van der Waals surface area contributed by atoms with Gasteiger partial charge in [0.2, 0.25) is 0 Å². The summed E-state index contributed by atoms with van der Waals surface area (Å²) < 4.78 is 4.46. The molecule has 0 aliphatic carbocycles. The second-order valence-electron chi connectivity index (χ2n) is 1.73. The van der Waals surface area contributed by atoms with Crippen molar-refractivity contribution in [1.82, 2.24) is 4.90 Å². The van der Waals surface area contributed by atoms with E-state index in [0.717, 1.165) is 0 Å². The second kappa shape index (κ2) is 4.54. The highest BCUT2D eigenvalue weighted by atomic mass is 16.6. The van der Waals surface area contributed by atoms with Gasteiger partial charge in [-0.25, -0.2) is 14.5 Å². The number of carboxylic acid groups (broad SMARTS) is 1. The first-order valence-corrected chi connectivity index (χ1v) is 3.30. The van der Waals surface area contributed by atoms with Crippen LogP contribution in [0.5, 0.6) is 0 Å². The summed E-state index contributed by atoms with van der Waals surface area (Å²) in [5.41, 5.74) is 0. The predicted molar refractivity (Wildman–Crippen MR) is 37.4 cm³/mol. The van der Waals surface area contributed by atoms with E-state index in [4.69, 9.17) is 5.11 Å². The number of ether oxygens (including phenoxy) is 1. The maximum atomic E-state index is 10.7. The smallest absolute Gasteiger partial charge is 0.419 e. The van der Waals surface area contributed by atoms with Gasteiger partial charge in [0.05, 0.1) is 6.61 Å². The van der Waals surface area contributed by atoms with Crippen LogP contribution in [0.2, 0.25) is 0 Å². The van der Waals surface area contributed by atoms with Crippen molar-refractivity contribution >= 4 is 12.2 Å². The predicted octanol–water partition coefficient (Wildman–Crippen LogP) is 1.14. The van der Waals surface area contributed by atoms with Crippen molar-refractivity contribution in [3.8, 4) is 0 Å². The Morgan fingerprint density at radius 2 is 2.00 bits per heavy atom. The van der Waals surface area contributed by atoms with Crippen LogP contribution in [0.4, 0.5) is 9.59 Å². The molecule has 0 aromatic rings. The number of nitrogens with zero attached hydrogens (tertiary/aromatic N) is 1. The van der Waals surface area contributed by atoms with E-state index in [-0.39, 0.29) is 13.2 Å². The van der Waals surface area contributed by atoms with Crippen LogP contribution in [0.3, 0.4) is 0 Å². The Balaban J connectivity index is 4.03. The molecular formula is C6H11NO4. The van der Waals surface area contributed by atoms with E-state index >= 15 is 0 Å². The largest absolute Gasteiger partial charge is 0.465 e. The monoisotopic (exact) mass is 161 g/mol. The van der Waals surface area contributed by atoms with Gasteiger partial charge >= 0.3 is 12.2 Å². The van der Waals surface area contributed by atoms with Crippen LogP contribution in [-0.4, -0.2) is 35.3 Å². The van der Waals surface area contributed by atoms with E-state index in [1.54, 1.807) is 13.8 Å². The first-order valence-electron chi connectivity index (χ1n) is 3.30. The molecular weight excluding hydrogens is 150 g/mol. The molecule has 0 unspecified atom stereocenters. The molecule has 0 atom stereocenters. The van der Waals surface area contributed by atoms with Gasteiger partial charge in [0.15, 0.2) is 0 Å². The normalized spacial score (nSPS) is 8.91. The zero-order valence-electron chi connectivity index (χ0n) is 6.53. The molecule has 0 saturated heterocycles. The summed E-state index contributed by atoms with van der Waals surface area (Å²) >= 11 is 0. The van der Waals surface area contributed by atoms with Gasteiger partial charge in [0.25, 0.3) is 0 Å². The minimum atomic E-state index is -1.29. The molecule has 0 radical (unpaired) electrons. The number of imide groups is 1. The van der Waals surface area contributed by atoms with E-state index in [2.05, 4.69) is 4.74 Å². The SMILES string of the molecule is CCOC(=O)N(CC)C(=O)O. The van der Waals surface area contributed by atoms with E-state index < -0.39 is 12.2 Å². The first kappa shape index (κ1) is 9.74. The maximum Gasteiger partial charge on any atom is 0.419 e. The van der Waals surface area contributed by atoms with Gasteiger partial charge in [-0.1, -0.05) is 0 Å². The Morgan fingerprint density at radius 3 is 2.27 bits per heavy atom. The highest BCUT2D eigenvalue weighted by Crippen LogP contribution is 1.93. The molecule has 11 heavy (non-hydrogen) atoms. The fraction of sp³-hybridized carbons (Fsp3) is 0.667. The van der Waals surface area contributed by atoms with Crippen LogP contribution >= 0.6 is 0 Å². The van der Waals surface area contributed by atoms with Crippen molar-refractivity contribution in [3.05, 3.63) is 0 Å². The molecule has 0 fully saturated rings. The van der Waals surface area contributed by atoms with Gasteiger partial charge in [0, 0.05) is 6.54 Å². The van der Waals surface area contributed by atoms with Crippen LogP contribution in [-0.2, 0) is 4.74 Å². The summed E-state index contributed by atoms with van der Waals surface area (Å²) in [6.07, 6.45) is -2.10. The third-order valence-electron chi connectivity index (χ3n) is 1.04. The Bertz CT molecular complexity index is 157. The summed E-state index contributed by atoms with van der Waals surface area (Å²) in [7, 11) is 0. The number of rotatable bonds is 2. The third-order valence-corrected chi connectivity index (χ3v) is 1.04. The summed E-state index contributed by atoms with van der Waals surface area (Å²) in [5, 5.41) is 8.40. The first-order chi connectivity index (χ1) is 5.13. The molecule has 64 valence electrons. The highest BCUT2D eigenvalue weighted by Gasteiger charge is 2.18. The molecule has 1 N–H and O–H groups in total. The van der Waals surface area contributed by atoms with Crippen molar-refractivity contribution in [2.24, 2.45) is 0 Å². The van der Waals surface area contributed by atoms with Gasteiger partial charge in [-0.05, 0) is 13.8 Å². The summed E-state index contributed by atoms with van der Waals surface area (Å²) in [6.45, 7) is 3.47. The van der Waals surface area contributed by atoms with Crippen LogP contribution < -0.4 is 0 Å². The van der Waals surface area contributed by atoms with Gasteiger partial charge in [0.1, 0.15) is 0 Å². The molecule has 0 bridgehead atoms. The lowest BCUT2D eigenvalue weighted by atomic mass is 10.6. The summed E-state index contributed by atoms with van der Waals surface area (Å²) in [4.78, 5) is 21.6. The zero-order valence-corrected chi connectivity index (χ0v) is 6.53. The quantitative estimate of drug-likeness (QED) is 0.659. The van der Waals surface area contributed by atoms with Gasteiger partial charge in [-0.2, -0.15) is 0 Å². The topological polar surface area (TPSA) is 66.8 Å². The van der Waals surface area contributed by atoms with Crippen molar-refractivity contribution in [1.29, 1.82) is 0 Å². The summed E-state index contributed by atoms with van der Waals surface area (Å²) in [6, 6.07) is 0. The molecule has 0 aromatic heterocycles. The summed E-state index contributed by atoms with van der Waals surface area (Å²) in [5.74, 6) is 0. The van der Waals surface area contributed by atoms with Crippen molar-refractivity contribution < 1.29 is 19.4 Å². The van der Waals surface area contributed by atoms with E-state index in [0.29, 0.717) is 4.90 Å². The third kappa shape index (κ3) is 2.88. The second-order valence-corrected chi connectivity index (χ2v) is 1.73. The maximum absolute atomic E-state index is 10.7. The number of carbonyl (C=O) groups is 2. The Hall–Kier alpha value is -1.26. The molecule has 0 rings (SSSR count). The zero-order chi connectivity index (χ0) is 8.85. The van der Waals surface area contributed by atoms with Crippen molar-refractivity contribution in [2.75, 3.05) is 13.2 Å². The fourth-order valence-electron chi connectivity index (χ4n) is 0.544. The number of hydrogen-bond acceptors (Lipinski definition) is 3. The number of hydrogen-bond donors (Lipinski definition) is 1. The minimum absolute atomic E-state index is 0.105. The van der Waals surface area contributed by atoms with Gasteiger partial charge in [-0.15, -0.1) is 0 Å². The van der Waals surface area contributed by atoms with E-state index in [9.17, 15) is 9.59 Å². The van der Waals surface area contributed by atoms with Gasteiger partial charge < -0.3 is 9.84 Å². The average molecular weight is 161 g/mol. The molecule has 0 heterocycles. The molecule has 5 heteroatoms. The van der Waals surface area contributed by atoms with E-state index in [1.807, 2.05) is 0 Å². The lowest BCUT2D eigenvalue weighted by molar-refractivity contribution is 0.0998. The molecule has 0 aliphatic rings. The molecule has 0 spiro atoms. The number of amides is 2. The molecule has 0 aliphatic heterocycles. The Kier molecular flexibility index (Phi) is 4.02. The lowest BCUT2D eigenvalue weighted by Crippen LogP contribution is -2.35. The molecule has 0 aromatic carbocycles. The van der Waals surface area contributed by atoms with Crippen molar-refractivity contribution in [3.63, 3.8) is 0 Å². The van der Waals surface area contributed by atoms with Crippen LogP contribution in [0.1, 0.15) is 13.8 Å². The Morgan fingerprint density at radius 1 is 1.45 bits per heavy atom. The molecule has 2 amide bonds. The molecule has 5 nitrogen and oxygen atoms in total. The molecule has 0 saturated carbocycles. The highest BCUT2D eigenvalue weighted by molar-refractivity contribution is 5.86. The Labute approximate surface area is 64.6 Å². The fourth-order valence-corrected chi connectivity index (χ4v) is 0.544. The lowest BCUT2D eigenvalue weighted by Gasteiger charge is -2.13. The average Bonchev–Trinajstić information content (AvgIpc) is 1.88. The standard InChI is InChI=1S/C6H11NO4/c1-3-7(5(8)9)6(10)11-4-2/h3-4H2,1-2H3,(H,8,9). The van der Waals surface area contributed by atoms with Crippen LogP contribution in [0, 0.1) is 0 Å². The van der Waals surface area contributed by atoms with Crippen LogP contribution in [0.15, 0.2) is 0 Å². The van der Waals surface area contributed by atoms with E-state index in [1.165, 1.54) is 0 Å². The number of carbonyl (C=O) groups excluding carboxylic acids is 1. The van der Waals surface area contributed by atoms with Crippen LogP contribution in [0.25, 0.3) is 0 Å². The minimum Gasteiger partial charge on any atom is -0.465 e. The van der Waals surface area contributed by atoms with Crippen molar-refractivity contribution in [2.45, 2.75) is 13.8 Å².